The van der Waals surface area contributed by atoms with E-state index in [1.165, 1.54) is 6.92 Å². The van der Waals surface area contributed by atoms with E-state index in [1.807, 2.05) is 22.6 Å². The Kier molecular flexibility index (Phi) is 5.45. The second kappa shape index (κ2) is 6.19. The molecular formula is C11H12I2O4. The van der Waals surface area contributed by atoms with Crippen molar-refractivity contribution < 1.29 is 19.4 Å². The Hall–Kier alpha value is -0.0900. The van der Waals surface area contributed by atoms with Crippen LogP contribution in [-0.2, 0) is 4.79 Å². The molecule has 0 amide bonds. The predicted molar refractivity (Wildman–Crippen MR) is 80.4 cm³/mol. The SMILES string of the molecule is COc1c(I)cc(C(C)O)c(OC(C)=O)c1I. The molecule has 0 saturated heterocycles. The van der Waals surface area contributed by atoms with Gasteiger partial charge in [-0.05, 0) is 58.2 Å². The quantitative estimate of drug-likeness (QED) is 0.427. The zero-order valence-corrected chi connectivity index (χ0v) is 13.9. The highest BCUT2D eigenvalue weighted by atomic mass is 127. The number of esters is 1. The Bertz CT molecular complexity index is 444. The molecule has 1 atom stereocenters. The number of methoxy groups -OCH3 is 1. The number of hydrogen-bond acceptors (Lipinski definition) is 4. The van der Waals surface area contributed by atoms with Crippen molar-refractivity contribution in [2.75, 3.05) is 7.11 Å². The van der Waals surface area contributed by atoms with Gasteiger partial charge < -0.3 is 14.6 Å². The lowest BCUT2D eigenvalue weighted by Gasteiger charge is -2.17. The number of aliphatic hydroxyl groups excluding tert-OH is 1. The van der Waals surface area contributed by atoms with Crippen molar-refractivity contribution >= 4 is 51.2 Å². The Morgan fingerprint density at radius 2 is 2.00 bits per heavy atom. The monoisotopic (exact) mass is 462 g/mol. The van der Waals surface area contributed by atoms with Crippen molar-refractivity contribution in [3.63, 3.8) is 0 Å². The van der Waals surface area contributed by atoms with E-state index >= 15 is 0 Å². The third-order valence-corrected chi connectivity index (χ3v) is 3.84. The summed E-state index contributed by atoms with van der Waals surface area (Å²) in [6.07, 6.45) is -0.711. The molecule has 0 saturated carbocycles. The van der Waals surface area contributed by atoms with Crippen molar-refractivity contribution in [2.45, 2.75) is 20.0 Å². The van der Waals surface area contributed by atoms with E-state index < -0.39 is 12.1 Å². The van der Waals surface area contributed by atoms with Gasteiger partial charge in [-0.2, -0.15) is 0 Å². The van der Waals surface area contributed by atoms with Gasteiger partial charge in [-0.3, -0.25) is 4.79 Å². The summed E-state index contributed by atoms with van der Waals surface area (Å²) in [5.74, 6) is 0.588. The largest absolute Gasteiger partial charge is 0.494 e. The van der Waals surface area contributed by atoms with Crippen LogP contribution < -0.4 is 9.47 Å². The average molecular weight is 462 g/mol. The summed E-state index contributed by atoms with van der Waals surface area (Å²) in [7, 11) is 1.55. The van der Waals surface area contributed by atoms with Crippen LogP contribution in [0.25, 0.3) is 0 Å². The molecule has 17 heavy (non-hydrogen) atoms. The molecule has 0 aliphatic heterocycles. The average Bonchev–Trinajstić information content (AvgIpc) is 2.21. The number of benzene rings is 1. The molecule has 0 radical (unpaired) electrons. The molecule has 4 nitrogen and oxygen atoms in total. The molecule has 0 aromatic heterocycles. The molecule has 1 unspecified atom stereocenters. The maximum absolute atomic E-state index is 11.1. The predicted octanol–water partition coefficient (Wildman–Crippen LogP) is 2.88. The van der Waals surface area contributed by atoms with Gasteiger partial charge in [0.05, 0.1) is 20.4 Å². The summed E-state index contributed by atoms with van der Waals surface area (Å²) in [6.45, 7) is 2.95. The van der Waals surface area contributed by atoms with Crippen LogP contribution in [0.1, 0.15) is 25.5 Å². The molecule has 0 aliphatic rings. The smallest absolute Gasteiger partial charge is 0.308 e. The van der Waals surface area contributed by atoms with E-state index in [-0.39, 0.29) is 0 Å². The maximum atomic E-state index is 11.1. The standard InChI is InChI=1S/C11H12I2O4/c1-5(14)7-4-8(12)11(16-3)9(13)10(7)17-6(2)15/h4-5,14H,1-3H3. The van der Waals surface area contributed by atoms with E-state index in [9.17, 15) is 9.90 Å². The molecule has 94 valence electrons. The van der Waals surface area contributed by atoms with Gasteiger partial charge in [0, 0.05) is 12.5 Å². The molecule has 1 rings (SSSR count). The van der Waals surface area contributed by atoms with E-state index in [1.54, 1.807) is 20.1 Å². The van der Waals surface area contributed by atoms with Gasteiger partial charge >= 0.3 is 5.97 Å². The fourth-order valence-corrected chi connectivity index (χ4v) is 3.62. The molecule has 1 N–H and O–H groups in total. The highest BCUT2D eigenvalue weighted by Gasteiger charge is 2.21. The van der Waals surface area contributed by atoms with Crippen molar-refractivity contribution in [3.8, 4) is 11.5 Å². The van der Waals surface area contributed by atoms with Gasteiger partial charge in [0.1, 0.15) is 5.75 Å². The molecule has 0 aliphatic carbocycles. The number of carbonyl (C=O) groups is 1. The zero-order chi connectivity index (χ0) is 13.2. The molecule has 1 aromatic carbocycles. The van der Waals surface area contributed by atoms with Crippen LogP contribution in [0.5, 0.6) is 11.5 Å². The lowest BCUT2D eigenvalue weighted by Crippen LogP contribution is -2.09. The van der Waals surface area contributed by atoms with Gasteiger partial charge in [0.15, 0.2) is 5.75 Å². The minimum Gasteiger partial charge on any atom is -0.494 e. The van der Waals surface area contributed by atoms with Crippen LogP contribution in [0.3, 0.4) is 0 Å². The van der Waals surface area contributed by atoms with Gasteiger partial charge in [-0.15, -0.1) is 0 Å². The minimum absolute atomic E-state index is 0.366. The molecular weight excluding hydrogens is 450 g/mol. The van der Waals surface area contributed by atoms with Crippen molar-refractivity contribution in [3.05, 3.63) is 18.8 Å². The van der Waals surface area contributed by atoms with E-state index in [0.29, 0.717) is 20.6 Å². The Morgan fingerprint density at radius 3 is 2.41 bits per heavy atom. The summed E-state index contributed by atoms with van der Waals surface area (Å²) in [5.41, 5.74) is 0.579. The highest BCUT2D eigenvalue weighted by Crippen LogP contribution is 2.40. The number of rotatable bonds is 3. The van der Waals surface area contributed by atoms with Crippen molar-refractivity contribution in [2.24, 2.45) is 0 Å². The van der Waals surface area contributed by atoms with E-state index in [0.717, 1.165) is 3.57 Å². The van der Waals surface area contributed by atoms with Crippen LogP contribution in [0, 0.1) is 7.14 Å². The lowest BCUT2D eigenvalue weighted by atomic mass is 10.1. The Morgan fingerprint density at radius 1 is 1.41 bits per heavy atom. The molecule has 6 heteroatoms. The number of carbonyl (C=O) groups excluding carboxylic acids is 1. The summed E-state index contributed by atoms with van der Waals surface area (Å²) in [5, 5.41) is 9.69. The topological polar surface area (TPSA) is 55.8 Å². The molecule has 0 heterocycles. The first kappa shape index (κ1) is 15.0. The second-order valence-electron chi connectivity index (χ2n) is 3.39. The number of ether oxygens (including phenoxy) is 2. The minimum atomic E-state index is -0.711. The van der Waals surface area contributed by atoms with Crippen molar-refractivity contribution in [1.82, 2.24) is 0 Å². The van der Waals surface area contributed by atoms with Gasteiger partial charge in [0.2, 0.25) is 0 Å². The molecule has 1 aromatic rings. The maximum Gasteiger partial charge on any atom is 0.308 e. The summed E-state index contributed by atoms with van der Waals surface area (Å²) in [6, 6.07) is 1.75. The fourth-order valence-electron chi connectivity index (χ4n) is 1.35. The highest BCUT2D eigenvalue weighted by molar-refractivity contribution is 14.1. The van der Waals surface area contributed by atoms with Crippen LogP contribution in [0.15, 0.2) is 6.07 Å². The number of hydrogen-bond donors (Lipinski definition) is 1. The van der Waals surface area contributed by atoms with Crippen LogP contribution in [0.4, 0.5) is 0 Å². The molecule has 0 bridgehead atoms. The summed E-state index contributed by atoms with van der Waals surface area (Å²) < 4.78 is 11.9. The zero-order valence-electron chi connectivity index (χ0n) is 9.58. The first-order chi connectivity index (χ1) is 7.88. The lowest BCUT2D eigenvalue weighted by molar-refractivity contribution is -0.132. The fraction of sp³-hybridized carbons (Fsp3) is 0.364. The van der Waals surface area contributed by atoms with Gasteiger partial charge in [-0.25, -0.2) is 0 Å². The first-order valence-electron chi connectivity index (χ1n) is 4.80. The third kappa shape index (κ3) is 3.44. The first-order valence-corrected chi connectivity index (χ1v) is 6.96. The molecule has 0 fully saturated rings. The Labute approximate surface area is 127 Å². The van der Waals surface area contributed by atoms with E-state index in [4.69, 9.17) is 9.47 Å². The van der Waals surface area contributed by atoms with Gasteiger partial charge in [-0.1, -0.05) is 0 Å². The number of aliphatic hydroxyl groups is 1. The molecule has 0 spiro atoms. The van der Waals surface area contributed by atoms with Crippen LogP contribution >= 0.6 is 45.2 Å². The summed E-state index contributed by atoms with van der Waals surface area (Å²) in [4.78, 5) is 11.1. The van der Waals surface area contributed by atoms with Gasteiger partial charge in [0.25, 0.3) is 0 Å². The summed E-state index contributed by atoms with van der Waals surface area (Å²) >= 11 is 4.15. The van der Waals surface area contributed by atoms with Crippen molar-refractivity contribution in [1.29, 1.82) is 0 Å². The Balaban J connectivity index is 3.45. The van der Waals surface area contributed by atoms with Crippen LogP contribution in [0.2, 0.25) is 0 Å². The number of halogens is 2. The normalized spacial score (nSPS) is 12.1. The van der Waals surface area contributed by atoms with E-state index in [2.05, 4.69) is 22.6 Å². The second-order valence-corrected chi connectivity index (χ2v) is 5.63. The third-order valence-electron chi connectivity index (χ3n) is 2.06. The van der Waals surface area contributed by atoms with Crippen LogP contribution in [-0.4, -0.2) is 18.2 Å².